The van der Waals surface area contributed by atoms with Gasteiger partial charge in [-0.2, -0.15) is 5.26 Å². The fourth-order valence-electron chi connectivity index (χ4n) is 2.21. The molecule has 0 aliphatic carbocycles. The lowest BCUT2D eigenvalue weighted by molar-refractivity contribution is 0.150. The van der Waals surface area contributed by atoms with Crippen LogP contribution in [0.25, 0.3) is 0 Å². The van der Waals surface area contributed by atoms with Crippen LogP contribution in [0.2, 0.25) is 0 Å². The third-order valence-corrected chi connectivity index (χ3v) is 4.38. The molecule has 96 valence electrons. The Balaban J connectivity index is 1.98. The van der Waals surface area contributed by atoms with Crippen molar-refractivity contribution in [1.29, 1.82) is 5.26 Å². The molecule has 0 spiro atoms. The summed E-state index contributed by atoms with van der Waals surface area (Å²) >= 11 is 3.39. The zero-order valence-corrected chi connectivity index (χ0v) is 12.0. The second-order valence-corrected chi connectivity index (χ2v) is 6.04. The smallest absolute Gasteiger partial charge is 0.124 e. The highest BCUT2D eigenvalue weighted by molar-refractivity contribution is 9.10. The zero-order chi connectivity index (χ0) is 13.2. The molecule has 1 aromatic carbocycles. The molecule has 18 heavy (non-hydrogen) atoms. The van der Waals surface area contributed by atoms with Gasteiger partial charge in [-0.25, -0.2) is 4.39 Å². The molecule has 1 heterocycles. The molecule has 1 aliphatic rings. The normalized spacial score (nSPS) is 19.4. The first-order valence-electron chi connectivity index (χ1n) is 6.10. The van der Waals surface area contributed by atoms with E-state index >= 15 is 0 Å². The number of nitrogens with zero attached hydrogens (tertiary/aromatic N) is 2. The number of halogens is 2. The maximum absolute atomic E-state index is 13.0. The molecule has 0 radical (unpaired) electrons. The second-order valence-electron chi connectivity index (χ2n) is 5.18. The Kier molecular flexibility index (Phi) is 4.04. The molecule has 2 rings (SSSR count). The van der Waals surface area contributed by atoms with Crippen molar-refractivity contribution < 1.29 is 4.39 Å². The maximum atomic E-state index is 13.0. The number of hydrogen-bond acceptors (Lipinski definition) is 2. The van der Waals surface area contributed by atoms with Crippen LogP contribution in [0.1, 0.15) is 25.3 Å². The molecule has 0 N–H and O–H groups in total. The molecule has 0 saturated carbocycles. The highest BCUT2D eigenvalue weighted by Crippen LogP contribution is 2.31. The zero-order valence-electron chi connectivity index (χ0n) is 10.4. The Bertz CT molecular complexity index is 473. The van der Waals surface area contributed by atoms with E-state index < -0.39 is 0 Å². The van der Waals surface area contributed by atoms with Crippen molar-refractivity contribution in [3.63, 3.8) is 0 Å². The van der Waals surface area contributed by atoms with Crippen molar-refractivity contribution in [2.45, 2.75) is 26.3 Å². The van der Waals surface area contributed by atoms with Crippen LogP contribution in [0.5, 0.6) is 0 Å². The van der Waals surface area contributed by atoms with Crippen molar-refractivity contribution in [3.05, 3.63) is 34.1 Å². The first-order valence-corrected chi connectivity index (χ1v) is 6.89. The molecule has 1 saturated heterocycles. The highest BCUT2D eigenvalue weighted by Gasteiger charge is 2.29. The van der Waals surface area contributed by atoms with E-state index in [4.69, 9.17) is 5.26 Å². The predicted octanol–water partition coefficient (Wildman–Crippen LogP) is 3.71. The van der Waals surface area contributed by atoms with E-state index in [9.17, 15) is 4.39 Å². The Morgan fingerprint density at radius 1 is 1.44 bits per heavy atom. The minimum Gasteiger partial charge on any atom is -0.299 e. The second kappa shape index (κ2) is 5.38. The predicted molar refractivity (Wildman–Crippen MR) is 72.3 cm³/mol. The lowest BCUT2D eigenvalue weighted by atomic mass is 9.82. The summed E-state index contributed by atoms with van der Waals surface area (Å²) in [6.45, 7) is 4.68. The number of benzene rings is 1. The van der Waals surface area contributed by atoms with E-state index in [1.54, 1.807) is 0 Å². The van der Waals surface area contributed by atoms with Crippen molar-refractivity contribution in [2.75, 3.05) is 13.1 Å². The van der Waals surface area contributed by atoms with Crippen molar-refractivity contribution in [1.82, 2.24) is 4.90 Å². The maximum Gasteiger partial charge on any atom is 0.124 e. The molecular weight excluding hydrogens is 295 g/mol. The third-order valence-electron chi connectivity index (χ3n) is 3.64. The number of hydrogen-bond donors (Lipinski definition) is 0. The van der Waals surface area contributed by atoms with E-state index in [2.05, 4.69) is 26.9 Å². The van der Waals surface area contributed by atoms with Crippen LogP contribution in [-0.2, 0) is 6.54 Å². The minimum absolute atomic E-state index is 0.170. The summed E-state index contributed by atoms with van der Waals surface area (Å²) in [5, 5.41) is 9.08. The van der Waals surface area contributed by atoms with Gasteiger partial charge in [0.2, 0.25) is 0 Å². The van der Waals surface area contributed by atoms with E-state index in [1.807, 2.05) is 13.0 Å². The lowest BCUT2D eigenvalue weighted by Crippen LogP contribution is -2.37. The van der Waals surface area contributed by atoms with Gasteiger partial charge in [0.15, 0.2) is 0 Å². The molecule has 2 nitrogen and oxygen atoms in total. The quantitative estimate of drug-likeness (QED) is 0.832. The molecule has 0 aromatic heterocycles. The molecule has 4 heteroatoms. The number of rotatable bonds is 2. The first-order chi connectivity index (χ1) is 8.52. The number of nitriles is 1. The van der Waals surface area contributed by atoms with E-state index in [-0.39, 0.29) is 11.2 Å². The lowest BCUT2D eigenvalue weighted by Gasteiger charge is -2.35. The first kappa shape index (κ1) is 13.5. The van der Waals surface area contributed by atoms with Gasteiger partial charge < -0.3 is 0 Å². The molecule has 0 bridgehead atoms. The average Bonchev–Trinajstić information content (AvgIpc) is 2.36. The van der Waals surface area contributed by atoms with Crippen LogP contribution in [0.15, 0.2) is 22.7 Å². The van der Waals surface area contributed by atoms with Crippen molar-refractivity contribution >= 4 is 15.9 Å². The summed E-state index contributed by atoms with van der Waals surface area (Å²) in [6.07, 6.45) is 1.81. The van der Waals surface area contributed by atoms with Crippen molar-refractivity contribution in [3.8, 4) is 6.07 Å². The standard InChI is InChI=1S/C14H16BrFN2/c1-14(10-17)4-6-18(7-5-14)9-11-2-3-12(16)8-13(11)15/h2-3,8H,4-7,9H2,1H3. The van der Waals surface area contributed by atoms with Crippen LogP contribution >= 0.6 is 15.9 Å². The van der Waals surface area contributed by atoms with Gasteiger partial charge in [-0.05, 0) is 50.6 Å². The van der Waals surface area contributed by atoms with Crippen molar-refractivity contribution in [2.24, 2.45) is 5.41 Å². The van der Waals surface area contributed by atoms with Crippen LogP contribution in [-0.4, -0.2) is 18.0 Å². The summed E-state index contributed by atoms with van der Waals surface area (Å²) in [5.41, 5.74) is 0.924. The van der Waals surface area contributed by atoms with Gasteiger partial charge >= 0.3 is 0 Å². The Hall–Kier alpha value is -0.920. The number of piperidine rings is 1. The topological polar surface area (TPSA) is 27.0 Å². The molecule has 1 aromatic rings. The minimum atomic E-state index is -0.221. The van der Waals surface area contributed by atoms with Crippen LogP contribution in [0, 0.1) is 22.6 Å². The Labute approximate surface area is 116 Å². The fourth-order valence-corrected chi connectivity index (χ4v) is 2.68. The van der Waals surface area contributed by atoms with Gasteiger partial charge in [0.1, 0.15) is 5.82 Å². The Morgan fingerprint density at radius 3 is 2.67 bits per heavy atom. The molecule has 0 amide bonds. The summed E-state index contributed by atoms with van der Waals surface area (Å²) in [7, 11) is 0. The average molecular weight is 311 g/mol. The van der Waals surface area contributed by atoms with Crippen LogP contribution < -0.4 is 0 Å². The molecule has 1 aliphatic heterocycles. The molecular formula is C14H16BrFN2. The summed E-state index contributed by atoms with van der Waals surface area (Å²) in [4.78, 5) is 2.32. The highest BCUT2D eigenvalue weighted by atomic mass is 79.9. The van der Waals surface area contributed by atoms with E-state index in [0.29, 0.717) is 0 Å². The molecule has 1 fully saturated rings. The van der Waals surface area contributed by atoms with Gasteiger partial charge in [0, 0.05) is 11.0 Å². The SMILES string of the molecule is CC1(C#N)CCN(Cc2ccc(F)cc2Br)CC1. The fraction of sp³-hybridized carbons (Fsp3) is 0.500. The molecule has 0 atom stereocenters. The van der Waals surface area contributed by atoms with Crippen LogP contribution in [0.3, 0.4) is 0 Å². The van der Waals surface area contributed by atoms with Gasteiger partial charge in [-0.15, -0.1) is 0 Å². The van der Waals surface area contributed by atoms with E-state index in [1.165, 1.54) is 12.1 Å². The number of likely N-dealkylation sites (tertiary alicyclic amines) is 1. The van der Waals surface area contributed by atoms with E-state index in [0.717, 1.165) is 42.5 Å². The van der Waals surface area contributed by atoms with Gasteiger partial charge in [0.25, 0.3) is 0 Å². The third kappa shape index (κ3) is 3.09. The van der Waals surface area contributed by atoms with Gasteiger partial charge in [0.05, 0.1) is 11.5 Å². The van der Waals surface area contributed by atoms with Gasteiger partial charge in [-0.3, -0.25) is 4.90 Å². The Morgan fingerprint density at radius 2 is 2.11 bits per heavy atom. The summed E-state index contributed by atoms with van der Waals surface area (Å²) in [5.74, 6) is -0.221. The largest absolute Gasteiger partial charge is 0.299 e. The van der Waals surface area contributed by atoms with Crippen LogP contribution in [0.4, 0.5) is 4.39 Å². The monoisotopic (exact) mass is 310 g/mol. The summed E-state index contributed by atoms with van der Waals surface area (Å²) in [6, 6.07) is 7.20. The summed E-state index contributed by atoms with van der Waals surface area (Å²) < 4.78 is 13.8. The van der Waals surface area contributed by atoms with Gasteiger partial charge in [-0.1, -0.05) is 22.0 Å². The molecule has 0 unspecified atom stereocenters.